The van der Waals surface area contributed by atoms with Crippen LogP contribution in [-0.4, -0.2) is 17.1 Å². The first-order valence-electron chi connectivity index (χ1n) is 6.55. The van der Waals surface area contributed by atoms with E-state index in [0.717, 1.165) is 16.5 Å². The molecule has 0 heterocycles. The summed E-state index contributed by atoms with van der Waals surface area (Å²) in [5.41, 5.74) is 0.881. The zero-order valence-corrected chi connectivity index (χ0v) is 11.3. The second-order valence-electron chi connectivity index (χ2n) is 5.19. The van der Waals surface area contributed by atoms with Crippen molar-refractivity contribution in [3.05, 3.63) is 42.5 Å². The number of hydrogen-bond acceptors (Lipinski definition) is 2. The molecule has 0 aliphatic carbocycles. The van der Waals surface area contributed by atoms with E-state index in [2.05, 4.69) is 5.32 Å². The average molecular weight is 257 g/mol. The minimum absolute atomic E-state index is 0.337. The van der Waals surface area contributed by atoms with Gasteiger partial charge in [-0.3, -0.25) is 0 Å². The third-order valence-corrected chi connectivity index (χ3v) is 3.12. The van der Waals surface area contributed by atoms with Gasteiger partial charge in [-0.05, 0) is 23.8 Å². The van der Waals surface area contributed by atoms with Gasteiger partial charge in [0.2, 0.25) is 0 Å². The fourth-order valence-electron chi connectivity index (χ4n) is 2.23. The van der Waals surface area contributed by atoms with Gasteiger partial charge in [0.05, 0.1) is 0 Å². The van der Waals surface area contributed by atoms with Crippen molar-refractivity contribution in [2.24, 2.45) is 5.92 Å². The molecule has 2 aromatic carbocycles. The molecule has 0 saturated heterocycles. The van der Waals surface area contributed by atoms with Crippen LogP contribution >= 0.6 is 0 Å². The van der Waals surface area contributed by atoms with Gasteiger partial charge in [-0.25, -0.2) is 4.79 Å². The number of rotatable bonds is 5. The first-order valence-corrected chi connectivity index (χ1v) is 6.55. The number of carbonyl (C=O) groups is 1. The monoisotopic (exact) mass is 257 g/mol. The van der Waals surface area contributed by atoms with Crippen LogP contribution in [0.3, 0.4) is 0 Å². The zero-order valence-electron chi connectivity index (χ0n) is 11.3. The van der Waals surface area contributed by atoms with Gasteiger partial charge >= 0.3 is 5.97 Å². The lowest BCUT2D eigenvalue weighted by Gasteiger charge is -2.19. The molecule has 0 spiro atoms. The zero-order chi connectivity index (χ0) is 13.8. The second-order valence-corrected chi connectivity index (χ2v) is 5.19. The van der Waals surface area contributed by atoms with Gasteiger partial charge in [0, 0.05) is 11.1 Å². The quantitative estimate of drug-likeness (QED) is 0.857. The Morgan fingerprint density at radius 1 is 1.16 bits per heavy atom. The number of benzene rings is 2. The summed E-state index contributed by atoms with van der Waals surface area (Å²) in [6.45, 7) is 4.06. The lowest BCUT2D eigenvalue weighted by molar-refractivity contribution is -0.138. The summed E-state index contributed by atoms with van der Waals surface area (Å²) < 4.78 is 0. The number of nitrogens with one attached hydrogen (secondary N) is 1. The lowest BCUT2D eigenvalue weighted by Crippen LogP contribution is -2.30. The van der Waals surface area contributed by atoms with Crippen LogP contribution in [0.5, 0.6) is 0 Å². The van der Waals surface area contributed by atoms with Gasteiger partial charge in [0.15, 0.2) is 0 Å². The summed E-state index contributed by atoms with van der Waals surface area (Å²) in [5, 5.41) is 14.6. The second kappa shape index (κ2) is 5.74. The molecule has 0 amide bonds. The topological polar surface area (TPSA) is 49.3 Å². The number of carboxylic acids is 1. The van der Waals surface area contributed by atoms with Gasteiger partial charge in [-0.2, -0.15) is 0 Å². The Kier molecular flexibility index (Phi) is 4.05. The standard InChI is InChI=1S/C16H19NO2/c1-11(2)10-15(16(18)19)17-14-9-5-7-12-6-3-4-8-13(12)14/h3-9,11,15,17H,10H2,1-2H3,(H,18,19)/t15-/m0/s1. The Morgan fingerprint density at radius 2 is 1.84 bits per heavy atom. The van der Waals surface area contributed by atoms with Crippen molar-refractivity contribution >= 4 is 22.4 Å². The lowest BCUT2D eigenvalue weighted by atomic mass is 10.0. The molecule has 0 radical (unpaired) electrons. The number of anilines is 1. The summed E-state index contributed by atoms with van der Waals surface area (Å²) in [6, 6.07) is 13.3. The fourth-order valence-corrected chi connectivity index (χ4v) is 2.23. The summed E-state index contributed by atoms with van der Waals surface area (Å²) in [5.74, 6) is -0.467. The van der Waals surface area contributed by atoms with Crippen LogP contribution in [0, 0.1) is 5.92 Å². The van der Waals surface area contributed by atoms with Crippen molar-refractivity contribution in [2.45, 2.75) is 26.3 Å². The van der Waals surface area contributed by atoms with E-state index in [1.54, 1.807) is 0 Å². The molecule has 1 atom stereocenters. The van der Waals surface area contributed by atoms with Crippen LogP contribution in [0.25, 0.3) is 10.8 Å². The molecule has 0 fully saturated rings. The van der Waals surface area contributed by atoms with E-state index < -0.39 is 12.0 Å². The third-order valence-electron chi connectivity index (χ3n) is 3.12. The summed E-state index contributed by atoms with van der Waals surface area (Å²) >= 11 is 0. The smallest absolute Gasteiger partial charge is 0.326 e. The van der Waals surface area contributed by atoms with E-state index >= 15 is 0 Å². The minimum atomic E-state index is -0.804. The van der Waals surface area contributed by atoms with E-state index in [4.69, 9.17) is 0 Å². The Labute approximate surface area is 113 Å². The maximum Gasteiger partial charge on any atom is 0.326 e. The molecular formula is C16H19NO2. The van der Waals surface area contributed by atoms with Crippen molar-refractivity contribution in [1.29, 1.82) is 0 Å². The Morgan fingerprint density at radius 3 is 2.53 bits per heavy atom. The molecule has 3 nitrogen and oxygen atoms in total. The number of fused-ring (bicyclic) bond motifs is 1. The van der Waals surface area contributed by atoms with Gasteiger partial charge < -0.3 is 10.4 Å². The van der Waals surface area contributed by atoms with Crippen LogP contribution in [0.4, 0.5) is 5.69 Å². The highest BCUT2D eigenvalue weighted by Gasteiger charge is 2.19. The van der Waals surface area contributed by atoms with Crippen molar-refractivity contribution in [1.82, 2.24) is 0 Å². The highest BCUT2D eigenvalue weighted by molar-refractivity contribution is 5.95. The maximum absolute atomic E-state index is 11.3. The van der Waals surface area contributed by atoms with E-state index in [1.165, 1.54) is 0 Å². The summed E-state index contributed by atoms with van der Waals surface area (Å²) in [6.07, 6.45) is 0.610. The van der Waals surface area contributed by atoms with Gasteiger partial charge in [0.1, 0.15) is 6.04 Å². The Hall–Kier alpha value is -2.03. The maximum atomic E-state index is 11.3. The average Bonchev–Trinajstić information content (AvgIpc) is 2.37. The van der Waals surface area contributed by atoms with Crippen molar-refractivity contribution in [3.63, 3.8) is 0 Å². The molecule has 19 heavy (non-hydrogen) atoms. The molecule has 2 N–H and O–H groups in total. The highest BCUT2D eigenvalue weighted by Crippen LogP contribution is 2.24. The summed E-state index contributed by atoms with van der Waals surface area (Å²) in [7, 11) is 0. The van der Waals surface area contributed by atoms with E-state index in [1.807, 2.05) is 56.3 Å². The first kappa shape index (κ1) is 13.4. The van der Waals surface area contributed by atoms with Gasteiger partial charge in [-0.15, -0.1) is 0 Å². The predicted molar refractivity (Wildman–Crippen MR) is 78.4 cm³/mol. The molecule has 3 heteroatoms. The SMILES string of the molecule is CC(C)C[C@H](Nc1cccc2ccccc12)C(=O)O. The van der Waals surface area contributed by atoms with Crippen LogP contribution in [0.15, 0.2) is 42.5 Å². The highest BCUT2D eigenvalue weighted by atomic mass is 16.4. The molecule has 0 aliphatic heterocycles. The molecule has 2 aromatic rings. The normalized spacial score (nSPS) is 12.6. The van der Waals surface area contributed by atoms with Crippen LogP contribution in [-0.2, 0) is 4.79 Å². The molecular weight excluding hydrogens is 238 g/mol. The molecule has 100 valence electrons. The molecule has 0 aromatic heterocycles. The van der Waals surface area contributed by atoms with Crippen LogP contribution in [0.1, 0.15) is 20.3 Å². The summed E-state index contributed by atoms with van der Waals surface area (Å²) in [4.78, 5) is 11.3. The Bertz CT molecular complexity index is 572. The van der Waals surface area contributed by atoms with E-state index in [0.29, 0.717) is 12.3 Å². The third kappa shape index (κ3) is 3.25. The molecule has 0 aliphatic rings. The number of aliphatic carboxylic acids is 1. The van der Waals surface area contributed by atoms with E-state index in [9.17, 15) is 9.90 Å². The molecule has 2 rings (SSSR count). The van der Waals surface area contributed by atoms with Gasteiger partial charge in [0.25, 0.3) is 0 Å². The fraction of sp³-hybridized carbons (Fsp3) is 0.312. The van der Waals surface area contributed by atoms with Crippen LogP contribution < -0.4 is 5.32 Å². The first-order chi connectivity index (χ1) is 9.08. The largest absolute Gasteiger partial charge is 0.480 e. The molecule has 0 unspecified atom stereocenters. The van der Waals surface area contributed by atoms with Crippen molar-refractivity contribution < 1.29 is 9.90 Å². The van der Waals surface area contributed by atoms with Crippen molar-refractivity contribution in [3.8, 4) is 0 Å². The molecule has 0 bridgehead atoms. The minimum Gasteiger partial charge on any atom is -0.480 e. The van der Waals surface area contributed by atoms with Crippen molar-refractivity contribution in [2.75, 3.05) is 5.32 Å². The number of carboxylic acid groups (broad SMARTS) is 1. The molecule has 0 saturated carbocycles. The Balaban J connectivity index is 2.31. The predicted octanol–water partition coefficient (Wildman–Crippen LogP) is 3.75. The van der Waals surface area contributed by atoms with Gasteiger partial charge in [-0.1, -0.05) is 50.2 Å². The van der Waals surface area contributed by atoms with E-state index in [-0.39, 0.29) is 0 Å². The van der Waals surface area contributed by atoms with Crippen LogP contribution in [0.2, 0.25) is 0 Å². The number of hydrogen-bond donors (Lipinski definition) is 2.